The van der Waals surface area contributed by atoms with Crippen LogP contribution in [0.3, 0.4) is 0 Å². The predicted molar refractivity (Wildman–Crippen MR) is 29.0 cm³/mol. The first-order valence-corrected chi connectivity index (χ1v) is 2.63. The number of aliphatic hydroxyl groups is 1. The molecule has 0 spiro atoms. The van der Waals surface area contributed by atoms with Gasteiger partial charge in [-0.2, -0.15) is 0 Å². The van der Waals surface area contributed by atoms with E-state index in [-0.39, 0.29) is 6.61 Å². The highest BCUT2D eigenvalue weighted by atomic mass is 16.3. The third-order valence-electron chi connectivity index (χ3n) is 1.61. The van der Waals surface area contributed by atoms with Gasteiger partial charge in [0.2, 0.25) is 0 Å². The lowest BCUT2D eigenvalue weighted by atomic mass is 9.71. The summed E-state index contributed by atoms with van der Waals surface area (Å²) in [6, 6.07) is 0. The minimum Gasteiger partial charge on any atom is -0.396 e. The summed E-state index contributed by atoms with van der Waals surface area (Å²) in [5.41, 5.74) is -0.743. The van der Waals surface area contributed by atoms with E-state index in [9.17, 15) is 0 Å². The van der Waals surface area contributed by atoms with Crippen LogP contribution in [-0.2, 0) is 0 Å². The van der Waals surface area contributed by atoms with Crippen LogP contribution in [-0.4, -0.2) is 11.7 Å². The Labute approximate surface area is 48.6 Å². The van der Waals surface area contributed by atoms with E-state index in [0.29, 0.717) is 12.8 Å². The van der Waals surface area contributed by atoms with Gasteiger partial charge < -0.3 is 5.11 Å². The zero-order valence-corrected chi connectivity index (χ0v) is 4.28. The van der Waals surface area contributed by atoms with Gasteiger partial charge in [-0.1, -0.05) is 13.3 Å². The summed E-state index contributed by atoms with van der Waals surface area (Å²) >= 11 is 0. The highest BCUT2D eigenvalue weighted by Crippen LogP contribution is 2.39. The summed E-state index contributed by atoms with van der Waals surface area (Å²) in [7, 11) is 0. The van der Waals surface area contributed by atoms with Crippen molar-refractivity contribution in [2.45, 2.75) is 26.1 Å². The van der Waals surface area contributed by atoms with Crippen molar-refractivity contribution in [2.75, 3.05) is 6.61 Å². The summed E-state index contributed by atoms with van der Waals surface area (Å²) in [4.78, 5) is 0. The lowest BCUT2D eigenvalue weighted by molar-refractivity contribution is 0.0637. The highest BCUT2D eigenvalue weighted by molar-refractivity contribution is 4.81. The van der Waals surface area contributed by atoms with Crippen molar-refractivity contribution >= 4 is 0 Å². The van der Waals surface area contributed by atoms with Crippen LogP contribution in [0.15, 0.2) is 0 Å². The van der Waals surface area contributed by atoms with Gasteiger partial charge in [0.05, 0.1) is 0 Å². The Morgan fingerprint density at radius 2 is 2.57 bits per heavy atom. The number of hydrogen-bond donors (Lipinski definition) is 1. The van der Waals surface area contributed by atoms with E-state index in [1.807, 2.05) is 0 Å². The van der Waals surface area contributed by atoms with E-state index >= 15 is 0 Å². The quantitative estimate of drug-likeness (QED) is 0.528. The summed E-state index contributed by atoms with van der Waals surface area (Å²) in [6.07, 6.45) is 2.25. The average molecular weight is 103 g/mol. The predicted octanol–water partition coefficient (Wildman–Crippen LogP) is 1.17. The highest BCUT2D eigenvalue weighted by Gasteiger charge is 2.30. The normalized spacial score (nSPS) is 34.7. The van der Waals surface area contributed by atoms with Crippen molar-refractivity contribution in [3.8, 4) is 0 Å². The molecule has 1 nitrogen and oxygen atoms in total. The van der Waals surface area contributed by atoms with Crippen molar-refractivity contribution in [1.29, 1.82) is 0 Å². The largest absolute Gasteiger partial charge is 0.396 e. The second-order valence-electron chi connectivity index (χ2n) is 2.29. The first-order valence-electron chi connectivity index (χ1n) is 4.13. The molecule has 0 amide bonds. The van der Waals surface area contributed by atoms with Crippen LogP contribution in [0.1, 0.15) is 30.2 Å². The molecule has 0 radical (unpaired) electrons. The van der Waals surface area contributed by atoms with Crippen LogP contribution < -0.4 is 0 Å². The summed E-state index contributed by atoms with van der Waals surface area (Å²) in [6.45, 7) is -2.15. The fraction of sp³-hybridized carbons (Fsp3) is 1.00. The molecule has 0 unspecified atom stereocenters. The van der Waals surface area contributed by atoms with Crippen molar-refractivity contribution in [3.63, 3.8) is 0 Å². The minimum atomic E-state index is -1.96. The molecule has 0 saturated heterocycles. The molecule has 1 N–H and O–H groups in total. The van der Waals surface area contributed by atoms with Crippen molar-refractivity contribution in [2.24, 2.45) is 5.41 Å². The van der Waals surface area contributed by atoms with E-state index < -0.39 is 12.3 Å². The number of hydrogen-bond acceptors (Lipinski definition) is 1. The molecule has 42 valence electrons. The van der Waals surface area contributed by atoms with Gasteiger partial charge in [0.25, 0.3) is 0 Å². The molecule has 0 bridgehead atoms. The summed E-state index contributed by atoms with van der Waals surface area (Å²) in [5.74, 6) is 0. The van der Waals surface area contributed by atoms with Gasteiger partial charge in [0.1, 0.15) is 0 Å². The van der Waals surface area contributed by atoms with E-state index in [1.165, 1.54) is 0 Å². The Balaban J connectivity index is 2.65. The topological polar surface area (TPSA) is 20.2 Å². The Morgan fingerprint density at radius 3 is 2.57 bits per heavy atom. The molecule has 0 aliphatic heterocycles. The van der Waals surface area contributed by atoms with Crippen LogP contribution in [0.4, 0.5) is 0 Å². The molecule has 7 heavy (non-hydrogen) atoms. The molecule has 1 rings (SSSR count). The van der Waals surface area contributed by atoms with Crippen LogP contribution in [0.2, 0.25) is 0 Å². The fourth-order valence-corrected chi connectivity index (χ4v) is 0.762. The Morgan fingerprint density at radius 1 is 1.86 bits per heavy atom. The molecule has 1 aliphatic carbocycles. The molecule has 0 heterocycles. The van der Waals surface area contributed by atoms with Gasteiger partial charge in [-0.05, 0) is 18.3 Å². The molecule has 0 aromatic rings. The van der Waals surface area contributed by atoms with Gasteiger partial charge in [-0.3, -0.25) is 0 Å². The third kappa shape index (κ3) is 0.778. The summed E-state index contributed by atoms with van der Waals surface area (Å²) in [5, 5.41) is 8.81. The molecule has 1 saturated carbocycles. The molecule has 0 atom stereocenters. The van der Waals surface area contributed by atoms with Crippen molar-refractivity contribution < 1.29 is 9.22 Å². The van der Waals surface area contributed by atoms with Crippen molar-refractivity contribution in [1.82, 2.24) is 0 Å². The standard InChI is InChI=1S/C6H12O/c1-6(5-7)3-2-4-6/h7H,2-5H2,1H3/i1D3. The SMILES string of the molecule is [2H]C([2H])([2H])C1(CO)CCC1. The van der Waals surface area contributed by atoms with Gasteiger partial charge in [-0.25, -0.2) is 0 Å². The van der Waals surface area contributed by atoms with E-state index in [0.717, 1.165) is 6.42 Å². The molecule has 1 aliphatic rings. The average Bonchev–Trinajstić information content (AvgIpc) is 1.58. The maximum absolute atomic E-state index is 8.81. The second kappa shape index (κ2) is 1.48. The maximum atomic E-state index is 8.81. The smallest absolute Gasteiger partial charge is 0.0484 e. The first kappa shape index (κ1) is 2.49. The van der Waals surface area contributed by atoms with Crippen molar-refractivity contribution in [3.05, 3.63) is 0 Å². The maximum Gasteiger partial charge on any atom is 0.0484 e. The Bertz CT molecular complexity index is 120. The van der Waals surface area contributed by atoms with E-state index in [1.54, 1.807) is 0 Å². The Kier molecular flexibility index (Phi) is 0.526. The third-order valence-corrected chi connectivity index (χ3v) is 1.61. The molecule has 0 aromatic heterocycles. The zero-order valence-electron chi connectivity index (χ0n) is 7.28. The van der Waals surface area contributed by atoms with Crippen LogP contribution in [0.25, 0.3) is 0 Å². The van der Waals surface area contributed by atoms with Gasteiger partial charge in [0.15, 0.2) is 0 Å². The van der Waals surface area contributed by atoms with Gasteiger partial charge in [0, 0.05) is 10.7 Å². The molecular formula is C6H12O. The monoisotopic (exact) mass is 103 g/mol. The van der Waals surface area contributed by atoms with E-state index in [2.05, 4.69) is 0 Å². The van der Waals surface area contributed by atoms with Crippen LogP contribution in [0.5, 0.6) is 0 Å². The minimum absolute atomic E-state index is 0.191. The van der Waals surface area contributed by atoms with E-state index in [4.69, 9.17) is 9.22 Å². The first-order chi connectivity index (χ1) is 4.52. The Hall–Kier alpha value is -0.0400. The van der Waals surface area contributed by atoms with Gasteiger partial charge >= 0.3 is 0 Å². The lowest BCUT2D eigenvalue weighted by Gasteiger charge is -2.36. The lowest BCUT2D eigenvalue weighted by Crippen LogP contribution is -2.29. The zero-order chi connectivity index (χ0) is 7.83. The van der Waals surface area contributed by atoms with Crippen LogP contribution >= 0.6 is 0 Å². The molecule has 1 heteroatoms. The fourth-order valence-electron chi connectivity index (χ4n) is 0.762. The summed E-state index contributed by atoms with van der Waals surface area (Å²) < 4.78 is 21.3. The number of rotatable bonds is 1. The second-order valence-corrected chi connectivity index (χ2v) is 2.29. The molecular weight excluding hydrogens is 88.1 g/mol. The van der Waals surface area contributed by atoms with Gasteiger partial charge in [-0.15, -0.1) is 0 Å². The van der Waals surface area contributed by atoms with Crippen LogP contribution in [0, 0.1) is 5.41 Å². The molecule has 1 fully saturated rings. The molecule has 0 aromatic carbocycles. The number of aliphatic hydroxyl groups excluding tert-OH is 1.